The molecule has 1 saturated heterocycles. The third-order valence-electron chi connectivity index (χ3n) is 4.75. The van der Waals surface area contributed by atoms with Crippen molar-refractivity contribution in [1.29, 1.82) is 0 Å². The first-order chi connectivity index (χ1) is 13.0. The summed E-state index contributed by atoms with van der Waals surface area (Å²) in [5.74, 6) is -0.789. The van der Waals surface area contributed by atoms with Crippen molar-refractivity contribution in [3.8, 4) is 0 Å². The van der Waals surface area contributed by atoms with Gasteiger partial charge in [-0.25, -0.2) is 4.39 Å². The summed E-state index contributed by atoms with van der Waals surface area (Å²) in [6.45, 7) is 2.99. The number of rotatable bonds is 6. The zero-order valence-electron chi connectivity index (χ0n) is 15.5. The van der Waals surface area contributed by atoms with Crippen LogP contribution < -0.4 is 10.2 Å². The third kappa shape index (κ3) is 5.44. The number of carbonyl (C=O) groups is 1. The van der Waals surface area contributed by atoms with Gasteiger partial charge in [-0.1, -0.05) is 29.8 Å². The van der Waals surface area contributed by atoms with Crippen LogP contribution in [-0.2, 0) is 11.3 Å². The Hall–Kier alpha value is -2.11. The van der Waals surface area contributed by atoms with Crippen LogP contribution in [0.15, 0.2) is 42.5 Å². The van der Waals surface area contributed by atoms with E-state index in [9.17, 15) is 9.18 Å². The Bertz CT molecular complexity index is 793. The van der Waals surface area contributed by atoms with Gasteiger partial charge in [0.25, 0.3) is 0 Å². The number of nitrogens with zero attached hydrogens (tertiary/aromatic N) is 2. The molecule has 4 nitrogen and oxygen atoms in total. The Labute approximate surface area is 164 Å². The van der Waals surface area contributed by atoms with Crippen LogP contribution in [-0.4, -0.2) is 37.5 Å². The van der Waals surface area contributed by atoms with E-state index in [-0.39, 0.29) is 18.1 Å². The first-order valence-corrected chi connectivity index (χ1v) is 9.67. The molecule has 0 aliphatic carbocycles. The Morgan fingerprint density at radius 1 is 1.19 bits per heavy atom. The summed E-state index contributed by atoms with van der Waals surface area (Å²) >= 11 is 5.74. The molecule has 0 radical (unpaired) electrons. The fraction of sp³-hybridized carbons (Fsp3) is 0.381. The second-order valence-corrected chi connectivity index (χ2v) is 7.46. The highest BCUT2D eigenvalue weighted by molar-refractivity contribution is 6.30. The van der Waals surface area contributed by atoms with Gasteiger partial charge in [-0.15, -0.1) is 0 Å². The summed E-state index contributed by atoms with van der Waals surface area (Å²) in [5.41, 5.74) is 2.59. The van der Waals surface area contributed by atoms with Gasteiger partial charge in [-0.05, 0) is 56.1 Å². The highest BCUT2D eigenvalue weighted by atomic mass is 35.5. The minimum atomic E-state index is -0.533. The van der Waals surface area contributed by atoms with Crippen molar-refractivity contribution < 1.29 is 9.18 Å². The van der Waals surface area contributed by atoms with E-state index >= 15 is 0 Å². The summed E-state index contributed by atoms with van der Waals surface area (Å²) in [6.07, 6.45) is 3.73. The largest absolute Gasteiger partial charge is 0.371 e. The molecule has 27 heavy (non-hydrogen) atoms. The first kappa shape index (κ1) is 19.6. The number of carbonyl (C=O) groups excluding carboxylic acids is 1. The monoisotopic (exact) mass is 389 g/mol. The van der Waals surface area contributed by atoms with E-state index in [0.717, 1.165) is 13.1 Å². The van der Waals surface area contributed by atoms with Crippen LogP contribution in [0, 0.1) is 5.82 Å². The average Bonchev–Trinajstić information content (AvgIpc) is 2.65. The van der Waals surface area contributed by atoms with E-state index in [4.69, 9.17) is 11.6 Å². The van der Waals surface area contributed by atoms with Gasteiger partial charge in [0.2, 0.25) is 5.91 Å². The molecule has 0 unspecified atom stereocenters. The minimum absolute atomic E-state index is 0.145. The lowest BCUT2D eigenvalue weighted by Crippen LogP contribution is -2.33. The SMILES string of the molecule is CN(CC(=O)Nc1ccc(Cl)cc1F)Cc1ccccc1N1CCCCC1. The summed E-state index contributed by atoms with van der Waals surface area (Å²) in [7, 11) is 1.89. The topological polar surface area (TPSA) is 35.6 Å². The van der Waals surface area contributed by atoms with Gasteiger partial charge in [0, 0.05) is 30.3 Å². The third-order valence-corrected chi connectivity index (χ3v) is 4.98. The minimum Gasteiger partial charge on any atom is -0.371 e. The summed E-state index contributed by atoms with van der Waals surface area (Å²) in [5, 5.41) is 2.91. The van der Waals surface area contributed by atoms with Gasteiger partial charge >= 0.3 is 0 Å². The zero-order chi connectivity index (χ0) is 19.2. The van der Waals surface area contributed by atoms with E-state index in [2.05, 4.69) is 28.4 Å². The van der Waals surface area contributed by atoms with Gasteiger partial charge in [0.1, 0.15) is 5.82 Å². The molecule has 0 spiro atoms. The Balaban J connectivity index is 1.60. The second-order valence-electron chi connectivity index (χ2n) is 7.02. The molecular weight excluding hydrogens is 365 g/mol. The lowest BCUT2D eigenvalue weighted by atomic mass is 10.1. The average molecular weight is 390 g/mol. The predicted molar refractivity (Wildman–Crippen MR) is 109 cm³/mol. The normalized spacial score (nSPS) is 14.4. The van der Waals surface area contributed by atoms with Crippen molar-refractivity contribution in [1.82, 2.24) is 4.90 Å². The maximum absolute atomic E-state index is 13.8. The number of para-hydroxylation sites is 1. The van der Waals surface area contributed by atoms with Gasteiger partial charge in [-0.2, -0.15) is 0 Å². The first-order valence-electron chi connectivity index (χ1n) is 9.29. The highest BCUT2D eigenvalue weighted by Gasteiger charge is 2.16. The summed E-state index contributed by atoms with van der Waals surface area (Å²) < 4.78 is 13.8. The van der Waals surface area contributed by atoms with Crippen LogP contribution in [0.1, 0.15) is 24.8 Å². The molecular formula is C21H25ClFN3O. The maximum atomic E-state index is 13.8. The van der Waals surface area contributed by atoms with Crippen molar-refractivity contribution in [2.75, 3.05) is 36.9 Å². The molecule has 2 aromatic carbocycles. The zero-order valence-corrected chi connectivity index (χ0v) is 16.3. The number of hydrogen-bond acceptors (Lipinski definition) is 3. The Morgan fingerprint density at radius 3 is 2.67 bits per heavy atom. The molecule has 6 heteroatoms. The van der Waals surface area contributed by atoms with Crippen LogP contribution in [0.5, 0.6) is 0 Å². The molecule has 0 saturated carbocycles. The van der Waals surface area contributed by atoms with Gasteiger partial charge in [0.15, 0.2) is 0 Å². The second kappa shape index (κ2) is 9.20. The molecule has 1 N–H and O–H groups in total. The Kier molecular flexibility index (Phi) is 6.69. The molecule has 0 aromatic heterocycles. The maximum Gasteiger partial charge on any atom is 0.238 e. The number of benzene rings is 2. The standard InChI is InChI=1S/C21H25ClFN3O/c1-25(15-21(27)24-19-10-9-17(22)13-18(19)23)14-16-7-3-4-8-20(16)26-11-5-2-6-12-26/h3-4,7-10,13H,2,5-6,11-12,14-15H2,1H3,(H,24,27). The quantitative estimate of drug-likeness (QED) is 0.787. The number of amides is 1. The predicted octanol–water partition coefficient (Wildman–Crippen LogP) is 4.54. The molecule has 1 amide bonds. The molecule has 2 aromatic rings. The van der Waals surface area contributed by atoms with E-state index < -0.39 is 5.82 Å². The van der Waals surface area contributed by atoms with Gasteiger partial charge in [0.05, 0.1) is 12.2 Å². The highest BCUT2D eigenvalue weighted by Crippen LogP contribution is 2.25. The number of nitrogens with one attached hydrogen (secondary N) is 1. The number of anilines is 2. The van der Waals surface area contributed by atoms with Crippen molar-refractivity contribution >= 4 is 28.9 Å². The summed E-state index contributed by atoms with van der Waals surface area (Å²) in [6, 6.07) is 12.6. The molecule has 0 atom stereocenters. The van der Waals surface area contributed by atoms with Crippen molar-refractivity contribution in [2.45, 2.75) is 25.8 Å². The number of piperidine rings is 1. The van der Waals surface area contributed by atoms with E-state index in [1.807, 2.05) is 18.0 Å². The smallest absolute Gasteiger partial charge is 0.238 e. The Morgan fingerprint density at radius 2 is 1.93 bits per heavy atom. The van der Waals surface area contributed by atoms with Crippen LogP contribution in [0.2, 0.25) is 5.02 Å². The molecule has 144 valence electrons. The van der Waals surface area contributed by atoms with Crippen molar-refractivity contribution in [3.05, 3.63) is 58.9 Å². The van der Waals surface area contributed by atoms with Crippen LogP contribution >= 0.6 is 11.6 Å². The van der Waals surface area contributed by atoms with Gasteiger partial charge < -0.3 is 10.2 Å². The number of halogens is 2. The van der Waals surface area contributed by atoms with Crippen molar-refractivity contribution in [2.24, 2.45) is 0 Å². The van der Waals surface area contributed by atoms with Crippen LogP contribution in [0.25, 0.3) is 0 Å². The number of likely N-dealkylation sites (N-methyl/N-ethyl adjacent to an activating group) is 1. The molecule has 1 aliphatic heterocycles. The van der Waals surface area contributed by atoms with Crippen LogP contribution in [0.3, 0.4) is 0 Å². The molecule has 0 bridgehead atoms. The lowest BCUT2D eigenvalue weighted by molar-refractivity contribution is -0.117. The van der Waals surface area contributed by atoms with E-state index in [1.165, 1.54) is 42.6 Å². The molecule has 1 aliphatic rings. The van der Waals surface area contributed by atoms with Crippen molar-refractivity contribution in [3.63, 3.8) is 0 Å². The van der Waals surface area contributed by atoms with E-state index in [0.29, 0.717) is 11.6 Å². The lowest BCUT2D eigenvalue weighted by Gasteiger charge is -2.31. The fourth-order valence-corrected chi connectivity index (χ4v) is 3.62. The van der Waals surface area contributed by atoms with Gasteiger partial charge in [-0.3, -0.25) is 9.69 Å². The fourth-order valence-electron chi connectivity index (χ4n) is 3.46. The van der Waals surface area contributed by atoms with Crippen LogP contribution in [0.4, 0.5) is 15.8 Å². The molecule has 1 fully saturated rings. The summed E-state index contributed by atoms with van der Waals surface area (Å²) in [4.78, 5) is 16.6. The van der Waals surface area contributed by atoms with E-state index in [1.54, 1.807) is 6.07 Å². The molecule has 1 heterocycles. The molecule has 3 rings (SSSR count). The number of hydrogen-bond donors (Lipinski definition) is 1.